The number of rotatable bonds is 7. The summed E-state index contributed by atoms with van der Waals surface area (Å²) in [6, 6.07) is 5.92. The number of nitrogens with zero attached hydrogens (tertiary/aromatic N) is 1. The third-order valence-corrected chi connectivity index (χ3v) is 2.75. The summed E-state index contributed by atoms with van der Waals surface area (Å²) < 4.78 is 10.8. The molecular weight excluding hydrogens is 254 g/mol. The van der Waals surface area contributed by atoms with Crippen molar-refractivity contribution in [3.8, 4) is 11.5 Å². The Labute approximate surface area is 121 Å². The molecular formula is C15H25N3O2. The highest BCUT2D eigenvalue weighted by atomic mass is 16.5. The first-order valence-corrected chi connectivity index (χ1v) is 6.99. The Hall–Kier alpha value is -1.91. The van der Waals surface area contributed by atoms with Crippen LogP contribution >= 0.6 is 0 Å². The molecule has 1 aromatic carbocycles. The third-order valence-electron chi connectivity index (χ3n) is 2.75. The zero-order chi connectivity index (χ0) is 14.8. The van der Waals surface area contributed by atoms with Crippen molar-refractivity contribution in [2.75, 3.05) is 27.3 Å². The maximum Gasteiger partial charge on any atom is 0.191 e. The third kappa shape index (κ3) is 4.99. The SMILES string of the molecule is CCCNC(=NC)NCc1ccc(OC)c(OCC)c1. The Morgan fingerprint density at radius 2 is 2.00 bits per heavy atom. The molecule has 112 valence electrons. The first-order chi connectivity index (χ1) is 9.74. The number of hydrogen-bond donors (Lipinski definition) is 2. The van der Waals surface area contributed by atoms with E-state index in [-0.39, 0.29) is 0 Å². The van der Waals surface area contributed by atoms with Crippen molar-refractivity contribution in [2.24, 2.45) is 4.99 Å². The molecule has 0 unspecified atom stereocenters. The van der Waals surface area contributed by atoms with Gasteiger partial charge in [-0.05, 0) is 31.0 Å². The molecule has 0 aliphatic rings. The van der Waals surface area contributed by atoms with Crippen LogP contribution in [0.5, 0.6) is 11.5 Å². The lowest BCUT2D eigenvalue weighted by Crippen LogP contribution is -2.37. The second kappa shape index (κ2) is 9.07. The van der Waals surface area contributed by atoms with Crippen LogP contribution < -0.4 is 20.1 Å². The first kappa shape index (κ1) is 16.1. The van der Waals surface area contributed by atoms with Gasteiger partial charge in [0.2, 0.25) is 0 Å². The predicted octanol–water partition coefficient (Wildman–Crippen LogP) is 2.17. The standard InChI is InChI=1S/C15H25N3O2/c1-5-9-17-15(16-3)18-11-12-7-8-13(19-4)14(10-12)20-6-2/h7-8,10H,5-6,9,11H2,1-4H3,(H2,16,17,18). The molecule has 2 N–H and O–H groups in total. The van der Waals surface area contributed by atoms with Crippen LogP contribution in [0.4, 0.5) is 0 Å². The minimum Gasteiger partial charge on any atom is -0.493 e. The van der Waals surface area contributed by atoms with E-state index < -0.39 is 0 Å². The van der Waals surface area contributed by atoms with Crippen molar-refractivity contribution in [2.45, 2.75) is 26.8 Å². The van der Waals surface area contributed by atoms with E-state index in [9.17, 15) is 0 Å². The Morgan fingerprint density at radius 3 is 2.60 bits per heavy atom. The van der Waals surface area contributed by atoms with Gasteiger partial charge in [-0.25, -0.2) is 0 Å². The molecule has 0 heterocycles. The smallest absolute Gasteiger partial charge is 0.191 e. The minimum atomic E-state index is 0.618. The van der Waals surface area contributed by atoms with Crippen LogP contribution in [0.3, 0.4) is 0 Å². The van der Waals surface area contributed by atoms with Gasteiger partial charge < -0.3 is 20.1 Å². The zero-order valence-corrected chi connectivity index (χ0v) is 12.8. The molecule has 0 fully saturated rings. The predicted molar refractivity (Wildman–Crippen MR) is 82.7 cm³/mol. The van der Waals surface area contributed by atoms with Gasteiger partial charge in [-0.15, -0.1) is 0 Å². The van der Waals surface area contributed by atoms with Gasteiger partial charge in [-0.1, -0.05) is 13.0 Å². The monoisotopic (exact) mass is 279 g/mol. The fourth-order valence-corrected chi connectivity index (χ4v) is 1.75. The number of guanidine groups is 1. The molecule has 1 aromatic rings. The second-order valence-electron chi connectivity index (χ2n) is 4.27. The van der Waals surface area contributed by atoms with Gasteiger partial charge in [-0.3, -0.25) is 4.99 Å². The number of ether oxygens (including phenoxy) is 2. The summed E-state index contributed by atoms with van der Waals surface area (Å²) >= 11 is 0. The summed E-state index contributed by atoms with van der Waals surface area (Å²) in [6.07, 6.45) is 1.07. The second-order valence-corrected chi connectivity index (χ2v) is 4.27. The maximum absolute atomic E-state index is 5.57. The molecule has 0 bridgehead atoms. The van der Waals surface area contributed by atoms with Gasteiger partial charge in [0, 0.05) is 20.1 Å². The van der Waals surface area contributed by atoms with E-state index >= 15 is 0 Å². The van der Waals surface area contributed by atoms with E-state index in [4.69, 9.17) is 9.47 Å². The number of nitrogens with one attached hydrogen (secondary N) is 2. The molecule has 0 amide bonds. The molecule has 5 nitrogen and oxygen atoms in total. The van der Waals surface area contributed by atoms with Crippen molar-refractivity contribution in [3.63, 3.8) is 0 Å². The summed E-state index contributed by atoms with van der Waals surface area (Å²) in [7, 11) is 3.41. The van der Waals surface area contributed by atoms with E-state index in [1.54, 1.807) is 14.2 Å². The quantitative estimate of drug-likeness (QED) is 0.593. The molecule has 0 aromatic heterocycles. The molecule has 0 spiro atoms. The molecule has 20 heavy (non-hydrogen) atoms. The molecule has 0 saturated heterocycles. The molecule has 0 aliphatic heterocycles. The van der Waals surface area contributed by atoms with E-state index in [2.05, 4.69) is 22.5 Å². The van der Waals surface area contributed by atoms with Crippen LogP contribution in [0.1, 0.15) is 25.8 Å². The van der Waals surface area contributed by atoms with Crippen molar-refractivity contribution in [1.82, 2.24) is 10.6 Å². The van der Waals surface area contributed by atoms with Crippen LogP contribution in [0, 0.1) is 0 Å². The molecule has 0 aliphatic carbocycles. The summed E-state index contributed by atoms with van der Waals surface area (Å²) in [4.78, 5) is 4.17. The summed E-state index contributed by atoms with van der Waals surface area (Å²) in [5, 5.41) is 6.50. The fourth-order valence-electron chi connectivity index (χ4n) is 1.75. The average Bonchev–Trinajstić information content (AvgIpc) is 2.48. The number of aliphatic imine (C=N–C) groups is 1. The average molecular weight is 279 g/mol. The summed E-state index contributed by atoms with van der Waals surface area (Å²) in [6.45, 7) is 6.30. The van der Waals surface area contributed by atoms with Crippen LogP contribution in [-0.2, 0) is 6.54 Å². The highest BCUT2D eigenvalue weighted by Crippen LogP contribution is 2.27. The first-order valence-electron chi connectivity index (χ1n) is 6.99. The van der Waals surface area contributed by atoms with Crippen molar-refractivity contribution in [1.29, 1.82) is 0 Å². The Balaban J connectivity index is 2.65. The van der Waals surface area contributed by atoms with E-state index in [1.807, 2.05) is 25.1 Å². The van der Waals surface area contributed by atoms with Gasteiger partial charge in [-0.2, -0.15) is 0 Å². The van der Waals surface area contributed by atoms with Crippen molar-refractivity contribution in [3.05, 3.63) is 23.8 Å². The Kier molecular flexibility index (Phi) is 7.32. The van der Waals surface area contributed by atoms with E-state index in [1.165, 1.54) is 0 Å². The Bertz CT molecular complexity index is 433. The van der Waals surface area contributed by atoms with E-state index in [0.717, 1.165) is 36.0 Å². The fraction of sp³-hybridized carbons (Fsp3) is 0.533. The van der Waals surface area contributed by atoms with E-state index in [0.29, 0.717) is 13.2 Å². The number of benzene rings is 1. The van der Waals surface area contributed by atoms with Gasteiger partial charge in [0.1, 0.15) is 0 Å². The van der Waals surface area contributed by atoms with Gasteiger partial charge in [0.25, 0.3) is 0 Å². The molecule has 0 saturated carbocycles. The zero-order valence-electron chi connectivity index (χ0n) is 12.8. The summed E-state index contributed by atoms with van der Waals surface area (Å²) in [5.74, 6) is 2.33. The molecule has 1 rings (SSSR count). The maximum atomic E-state index is 5.57. The largest absolute Gasteiger partial charge is 0.493 e. The number of hydrogen-bond acceptors (Lipinski definition) is 3. The van der Waals surface area contributed by atoms with Crippen LogP contribution in [0.2, 0.25) is 0 Å². The van der Waals surface area contributed by atoms with Crippen LogP contribution in [0.25, 0.3) is 0 Å². The van der Waals surface area contributed by atoms with Crippen LogP contribution in [-0.4, -0.2) is 33.3 Å². The van der Waals surface area contributed by atoms with Gasteiger partial charge in [0.15, 0.2) is 17.5 Å². The van der Waals surface area contributed by atoms with Gasteiger partial charge in [0.05, 0.1) is 13.7 Å². The Morgan fingerprint density at radius 1 is 1.20 bits per heavy atom. The van der Waals surface area contributed by atoms with Crippen molar-refractivity contribution >= 4 is 5.96 Å². The lowest BCUT2D eigenvalue weighted by atomic mass is 10.2. The molecule has 5 heteroatoms. The molecule has 0 atom stereocenters. The van der Waals surface area contributed by atoms with Crippen LogP contribution in [0.15, 0.2) is 23.2 Å². The minimum absolute atomic E-state index is 0.618. The highest BCUT2D eigenvalue weighted by Gasteiger charge is 2.05. The normalized spacial score (nSPS) is 11.1. The summed E-state index contributed by atoms with van der Waals surface area (Å²) in [5.41, 5.74) is 1.12. The lowest BCUT2D eigenvalue weighted by Gasteiger charge is -2.13. The number of methoxy groups -OCH3 is 1. The van der Waals surface area contributed by atoms with Gasteiger partial charge >= 0.3 is 0 Å². The van der Waals surface area contributed by atoms with Crippen molar-refractivity contribution < 1.29 is 9.47 Å². The highest BCUT2D eigenvalue weighted by molar-refractivity contribution is 5.79. The lowest BCUT2D eigenvalue weighted by molar-refractivity contribution is 0.310. The topological polar surface area (TPSA) is 54.9 Å². The molecule has 0 radical (unpaired) electrons.